The quantitative estimate of drug-likeness (QED) is 0.00762. The van der Waals surface area contributed by atoms with Crippen LogP contribution in [0.4, 0.5) is 41.2 Å². The van der Waals surface area contributed by atoms with Crippen LogP contribution >= 0.6 is 11.6 Å². The molecular formula is C79H108ClN16NaO10. The minimum Gasteiger partial charge on any atom is -0.870 e. The number of halogens is 1. The summed E-state index contributed by atoms with van der Waals surface area (Å²) in [6, 6.07) is 31.0. The molecule has 0 aliphatic rings. The third kappa shape index (κ3) is 33.7. The standard InChI is InChI=1S/C20H28N4O2.C20H26N4O2.C19H26N4O3.C16H16ClN3O2.C4H11N.Na.H2O/c2*1-4-5-12-22-19-16(13-15-8-6-7-9-18(15)26-3)17(11-10-14(2)25)23-20(21)24-19;1-3-4-11-21-18-14(12-13-7-5-6-8-16(13)26-2)15(9-10-17(24)25)22-19(20)23-18;1-10(21)7-8-13-12(15(17)20-16(18)19-13)9-11-5-3-4-6-14(11)22-2;1-2-3-4-5;;/h6-9H,4-5,10-13H2,1-3H3,(H3,21,22,23,24);6-11H,4-5,12-13H2,1-3H3,(H3,21,22,23,24);5-8H,3-4,9-12H2,1-2H3,(H,24,25)(H3,20,21,22,23);3-8H,9H2,1-2H3,(H2,18,19,20);2-5H2,1H3;;1H2/q;;;;;+1;/p-1/b;11-10+;;8-7+;;;. The number of rotatable bonds is 36. The van der Waals surface area contributed by atoms with Gasteiger partial charge in [-0.15, -0.1) is 0 Å². The normalized spacial score (nSPS) is 10.4. The van der Waals surface area contributed by atoms with Crippen molar-refractivity contribution in [3.8, 4) is 23.0 Å². The van der Waals surface area contributed by atoms with Crippen molar-refractivity contribution in [2.75, 3.05) is 93.5 Å². The molecule has 15 N–H and O–H groups in total. The Balaban J connectivity index is 0.000000472. The molecule has 4 heterocycles. The van der Waals surface area contributed by atoms with Crippen LogP contribution in [-0.4, -0.2) is 128 Å². The van der Waals surface area contributed by atoms with Crippen molar-refractivity contribution in [3.05, 3.63) is 182 Å². The summed E-state index contributed by atoms with van der Waals surface area (Å²) in [7, 11) is 6.55. The van der Waals surface area contributed by atoms with E-state index in [9.17, 15) is 19.2 Å². The fourth-order valence-electron chi connectivity index (χ4n) is 10.4. The number of aryl methyl sites for hydroxylation is 2. The van der Waals surface area contributed by atoms with Gasteiger partial charge in [-0.05, 0) is 130 Å². The average Bonchev–Trinajstić information content (AvgIpc) is 0.833. The largest absolute Gasteiger partial charge is 1.00 e. The third-order valence-electron chi connectivity index (χ3n) is 15.8. The molecule has 0 unspecified atom stereocenters. The molecule has 0 amide bonds. The van der Waals surface area contributed by atoms with Gasteiger partial charge in [-0.3, -0.25) is 14.4 Å². The number of para-hydroxylation sites is 4. The molecule has 572 valence electrons. The van der Waals surface area contributed by atoms with E-state index in [1.54, 1.807) is 47.5 Å². The molecule has 0 atom stereocenters. The molecule has 0 spiro atoms. The van der Waals surface area contributed by atoms with E-state index in [0.717, 1.165) is 138 Å². The van der Waals surface area contributed by atoms with Crippen LogP contribution in [0.25, 0.3) is 12.2 Å². The Hall–Kier alpha value is -9.83. The van der Waals surface area contributed by atoms with Crippen molar-refractivity contribution in [2.24, 2.45) is 5.73 Å². The number of hydrogen-bond donors (Lipinski definition) is 9. The number of benzene rings is 4. The van der Waals surface area contributed by atoms with Gasteiger partial charge in [0.15, 0.2) is 11.6 Å². The number of hydrogen-bond acceptors (Lipinski definition) is 25. The van der Waals surface area contributed by atoms with Gasteiger partial charge in [0.25, 0.3) is 0 Å². The van der Waals surface area contributed by atoms with Gasteiger partial charge < -0.3 is 78.9 Å². The number of carbonyl (C=O) groups excluding carboxylic acids is 3. The number of ketones is 3. The van der Waals surface area contributed by atoms with E-state index in [2.05, 4.69) is 83.5 Å². The smallest absolute Gasteiger partial charge is 0.870 e. The number of carboxylic acid groups (broad SMARTS) is 1. The fraction of sp³-hybridized carbons (Fsp3) is 0.392. The van der Waals surface area contributed by atoms with Crippen molar-refractivity contribution in [3.63, 3.8) is 0 Å². The topological polar surface area (TPSA) is 425 Å². The van der Waals surface area contributed by atoms with Crippen LogP contribution < -0.4 is 93.1 Å². The second kappa shape index (κ2) is 52.2. The van der Waals surface area contributed by atoms with Gasteiger partial charge in [0, 0.05) is 80.4 Å². The fourth-order valence-corrected chi connectivity index (χ4v) is 10.6. The predicted molar refractivity (Wildman–Crippen MR) is 424 cm³/mol. The van der Waals surface area contributed by atoms with Crippen LogP contribution in [0.3, 0.4) is 0 Å². The van der Waals surface area contributed by atoms with Gasteiger partial charge in [0.2, 0.25) is 23.8 Å². The number of nitrogens with one attached hydrogen (secondary N) is 3. The molecule has 28 heteroatoms. The Morgan fingerprint density at radius 2 is 0.757 bits per heavy atom. The van der Waals surface area contributed by atoms with E-state index in [0.29, 0.717) is 79.2 Å². The molecule has 0 radical (unpaired) electrons. The van der Waals surface area contributed by atoms with Crippen molar-refractivity contribution < 1.29 is 78.3 Å². The first kappa shape index (κ1) is 93.3. The Kier molecular flexibility index (Phi) is 45.5. The molecule has 107 heavy (non-hydrogen) atoms. The Bertz CT molecular complexity index is 3980. The molecular weight excluding hydrogens is 1390 g/mol. The molecule has 8 aromatic rings. The van der Waals surface area contributed by atoms with Crippen LogP contribution in [0.5, 0.6) is 23.0 Å². The molecule has 26 nitrogen and oxygen atoms in total. The van der Waals surface area contributed by atoms with Crippen molar-refractivity contribution in [2.45, 2.75) is 151 Å². The first-order valence-electron chi connectivity index (χ1n) is 35.3. The summed E-state index contributed by atoms with van der Waals surface area (Å²) in [5.74, 6) is 4.98. The summed E-state index contributed by atoms with van der Waals surface area (Å²) >= 11 is 6.20. The number of anilines is 7. The monoisotopic (exact) mass is 1500 g/mol. The van der Waals surface area contributed by atoms with Crippen molar-refractivity contribution >= 4 is 88.3 Å². The molecule has 0 saturated carbocycles. The summed E-state index contributed by atoms with van der Waals surface area (Å²) in [5.41, 5.74) is 38.5. The van der Waals surface area contributed by atoms with Gasteiger partial charge >= 0.3 is 35.5 Å². The number of nitrogens with zero attached hydrogens (tertiary/aromatic N) is 8. The Labute approximate surface area is 657 Å². The van der Waals surface area contributed by atoms with Crippen LogP contribution in [-0.2, 0) is 57.7 Å². The number of nitrogen functional groups attached to an aromatic ring is 4. The van der Waals surface area contributed by atoms with Crippen LogP contribution in [0.15, 0.2) is 109 Å². The number of Topliss-reactive ketones (excluding diaryl/α,β-unsaturated/α-hetero) is 1. The van der Waals surface area contributed by atoms with Crippen molar-refractivity contribution in [1.82, 2.24) is 39.9 Å². The molecule has 0 aliphatic carbocycles. The molecule has 4 aromatic heterocycles. The molecule has 0 bridgehead atoms. The second-order valence-corrected chi connectivity index (χ2v) is 24.5. The first-order chi connectivity index (χ1) is 50.6. The number of unbranched alkanes of at least 4 members (excludes halogenated alkanes) is 4. The minimum absolute atomic E-state index is 0. The number of aliphatic carboxylic acids is 1. The van der Waals surface area contributed by atoms with E-state index in [1.807, 2.05) is 97.1 Å². The molecule has 8 rings (SSSR count). The first-order valence-corrected chi connectivity index (χ1v) is 35.7. The molecule has 0 aliphatic heterocycles. The van der Waals surface area contributed by atoms with Crippen LogP contribution in [0, 0.1) is 0 Å². The van der Waals surface area contributed by atoms with Gasteiger partial charge in [0.05, 0.1) is 57.6 Å². The van der Waals surface area contributed by atoms with Gasteiger partial charge in [-0.2, -0.15) is 15.0 Å². The van der Waals surface area contributed by atoms with Gasteiger partial charge in [-0.1, -0.05) is 138 Å². The Morgan fingerprint density at radius 3 is 1.07 bits per heavy atom. The van der Waals surface area contributed by atoms with Crippen LogP contribution in [0.1, 0.15) is 180 Å². The predicted octanol–water partition coefficient (Wildman–Crippen LogP) is 10.2. The zero-order valence-electron chi connectivity index (χ0n) is 64.2. The zero-order valence-corrected chi connectivity index (χ0v) is 66.9. The number of allylic oxidation sites excluding steroid dienone is 2. The van der Waals surface area contributed by atoms with E-state index in [-0.39, 0.29) is 87.8 Å². The summed E-state index contributed by atoms with van der Waals surface area (Å²) in [6.07, 6.45) is 18.3. The van der Waals surface area contributed by atoms with E-state index in [1.165, 1.54) is 38.8 Å². The second-order valence-electron chi connectivity index (χ2n) is 24.2. The van der Waals surface area contributed by atoms with Gasteiger partial charge in [0.1, 0.15) is 51.4 Å². The molecule has 0 saturated heterocycles. The minimum atomic E-state index is -0.870. The third-order valence-corrected chi connectivity index (χ3v) is 16.1. The Morgan fingerprint density at radius 1 is 0.449 bits per heavy atom. The van der Waals surface area contributed by atoms with E-state index < -0.39 is 5.97 Å². The number of methoxy groups -OCH3 is 4. The maximum atomic E-state index is 11.5. The SMILES string of the molecule is CCCCN.CCCCNc1nc(N)nc(/C=C/C(C)=O)c1Cc1ccccc1OC.CCCCNc1nc(N)nc(CCC(=O)O)c1Cc1ccccc1OC.CCCCNc1nc(N)nc(CCC(C)=O)c1Cc1ccccc1OC.COc1ccccc1Cc1c(Cl)nc(N)nc1/C=C/C(C)=O.[Na+].[OH-]. The van der Waals surface area contributed by atoms with Crippen LogP contribution in [0.2, 0.25) is 5.15 Å². The number of nitrogens with two attached hydrogens (primary N) is 5. The number of aromatic nitrogens is 8. The zero-order chi connectivity index (χ0) is 77.1. The molecule has 0 fully saturated rings. The summed E-state index contributed by atoms with van der Waals surface area (Å²) in [5, 5.41) is 19.4. The maximum absolute atomic E-state index is 11.5. The summed E-state index contributed by atoms with van der Waals surface area (Å²) in [4.78, 5) is 79.3. The summed E-state index contributed by atoms with van der Waals surface area (Å²) in [6.45, 7) is 16.3. The molecule has 4 aromatic carbocycles. The summed E-state index contributed by atoms with van der Waals surface area (Å²) < 4.78 is 21.7. The number of carbonyl (C=O) groups is 4. The van der Waals surface area contributed by atoms with E-state index in [4.69, 9.17) is 64.3 Å². The van der Waals surface area contributed by atoms with Crippen molar-refractivity contribution in [1.29, 1.82) is 0 Å². The van der Waals surface area contributed by atoms with E-state index >= 15 is 0 Å². The maximum Gasteiger partial charge on any atom is 1.00 e. The number of ether oxygens (including phenoxy) is 4. The average molecular weight is 1500 g/mol. The number of carboxylic acids is 1. The van der Waals surface area contributed by atoms with Gasteiger partial charge in [-0.25, -0.2) is 24.9 Å².